The number of nitrogens with zero attached hydrogens (tertiary/aromatic N) is 2. The molecule has 0 saturated carbocycles. The third kappa shape index (κ3) is 1.00. The number of hydrogen-bond acceptors (Lipinski definition) is 3. The van der Waals surface area contributed by atoms with Crippen molar-refractivity contribution in [3.63, 3.8) is 0 Å². The lowest BCUT2D eigenvalue weighted by Crippen LogP contribution is -1.86. The van der Waals surface area contributed by atoms with Gasteiger partial charge in [-0.2, -0.15) is 0 Å². The van der Waals surface area contributed by atoms with Crippen LogP contribution in [0, 0.1) is 0 Å². The molecule has 0 saturated heterocycles. The third-order valence-electron chi connectivity index (χ3n) is 1.51. The molecule has 0 aliphatic carbocycles. The Morgan fingerprint density at radius 3 is 3.09 bits per heavy atom. The van der Waals surface area contributed by atoms with Crippen molar-refractivity contribution in [2.24, 2.45) is 0 Å². The summed E-state index contributed by atoms with van der Waals surface area (Å²) in [6.07, 6.45) is 5.07. The topological polar surface area (TPSA) is 51.8 Å². The second-order valence-corrected chi connectivity index (χ2v) is 2.34. The highest BCUT2D eigenvalue weighted by atomic mass is 14.7. The zero-order chi connectivity index (χ0) is 7.68. The van der Waals surface area contributed by atoms with Gasteiger partial charge in [0.2, 0.25) is 0 Å². The van der Waals surface area contributed by atoms with Gasteiger partial charge in [-0.05, 0) is 12.1 Å². The molecule has 0 atom stereocenters. The van der Waals surface area contributed by atoms with E-state index in [0.29, 0.717) is 5.69 Å². The highest BCUT2D eigenvalue weighted by Crippen LogP contribution is 2.11. The Kier molecular flexibility index (Phi) is 1.22. The van der Waals surface area contributed by atoms with Gasteiger partial charge in [-0.3, -0.25) is 9.97 Å². The van der Waals surface area contributed by atoms with E-state index >= 15 is 0 Å². The van der Waals surface area contributed by atoms with Crippen molar-refractivity contribution >= 4 is 16.6 Å². The van der Waals surface area contributed by atoms with Gasteiger partial charge in [0.1, 0.15) is 0 Å². The number of fused-ring (bicyclic) bond motifs is 1. The first-order valence-corrected chi connectivity index (χ1v) is 3.31. The Morgan fingerprint density at radius 2 is 2.18 bits per heavy atom. The molecule has 2 aromatic heterocycles. The van der Waals surface area contributed by atoms with Crippen molar-refractivity contribution < 1.29 is 0 Å². The lowest BCUT2D eigenvalue weighted by Gasteiger charge is -1.95. The number of nitrogen functional groups attached to an aromatic ring is 1. The minimum Gasteiger partial charge on any atom is -0.397 e. The highest BCUT2D eigenvalue weighted by Gasteiger charge is 1.92. The minimum atomic E-state index is 0.684. The van der Waals surface area contributed by atoms with E-state index in [0.717, 1.165) is 10.9 Å². The monoisotopic (exact) mass is 145 g/mol. The second kappa shape index (κ2) is 2.20. The molecule has 3 nitrogen and oxygen atoms in total. The smallest absolute Gasteiger partial charge is 0.0886 e. The second-order valence-electron chi connectivity index (χ2n) is 2.34. The molecule has 0 amide bonds. The fourth-order valence-electron chi connectivity index (χ4n) is 0.988. The van der Waals surface area contributed by atoms with Gasteiger partial charge in [-0.15, -0.1) is 0 Å². The summed E-state index contributed by atoms with van der Waals surface area (Å²) in [5, 5.41) is 1.03. The number of anilines is 1. The minimum absolute atomic E-state index is 0.684. The van der Waals surface area contributed by atoms with Crippen molar-refractivity contribution in [2.45, 2.75) is 0 Å². The molecule has 11 heavy (non-hydrogen) atoms. The van der Waals surface area contributed by atoms with Crippen molar-refractivity contribution in [2.75, 3.05) is 5.73 Å². The molecule has 3 heteroatoms. The molecule has 0 fully saturated rings. The highest BCUT2D eigenvalue weighted by molar-refractivity contribution is 5.79. The predicted octanol–water partition coefficient (Wildman–Crippen LogP) is 1.21. The van der Waals surface area contributed by atoms with E-state index in [2.05, 4.69) is 9.97 Å². The van der Waals surface area contributed by atoms with Crippen molar-refractivity contribution in [3.05, 3.63) is 30.7 Å². The van der Waals surface area contributed by atoms with Crippen LogP contribution in [0.15, 0.2) is 30.7 Å². The SMILES string of the molecule is Nc1cnc2cnccc2c1. The van der Waals surface area contributed by atoms with E-state index in [9.17, 15) is 0 Å². The number of hydrogen-bond donors (Lipinski definition) is 1. The first kappa shape index (κ1) is 6.09. The molecule has 0 unspecified atom stereocenters. The summed E-state index contributed by atoms with van der Waals surface area (Å²) < 4.78 is 0. The van der Waals surface area contributed by atoms with Crippen LogP contribution in [0.25, 0.3) is 10.9 Å². The summed E-state index contributed by atoms with van der Waals surface area (Å²) >= 11 is 0. The number of pyridine rings is 2. The quantitative estimate of drug-likeness (QED) is 0.606. The summed E-state index contributed by atoms with van der Waals surface area (Å²) in [4.78, 5) is 8.03. The Bertz CT molecular complexity index is 384. The molecule has 0 aliphatic heterocycles. The molecular formula is C8H7N3. The van der Waals surface area contributed by atoms with Gasteiger partial charge in [0.15, 0.2) is 0 Å². The Hall–Kier alpha value is -1.64. The molecular weight excluding hydrogens is 138 g/mol. The lowest BCUT2D eigenvalue weighted by molar-refractivity contribution is 1.31. The Labute approximate surface area is 63.9 Å². The van der Waals surface area contributed by atoms with E-state index in [1.807, 2.05) is 12.1 Å². The van der Waals surface area contributed by atoms with Gasteiger partial charge in [-0.1, -0.05) is 0 Å². The maximum atomic E-state index is 5.54. The standard InChI is InChI=1S/C8H7N3/c9-7-3-6-1-2-10-5-8(6)11-4-7/h1-5H,9H2. The van der Waals surface area contributed by atoms with Crippen molar-refractivity contribution in [3.8, 4) is 0 Å². The summed E-state index contributed by atoms with van der Waals surface area (Å²) in [7, 11) is 0. The van der Waals surface area contributed by atoms with Gasteiger partial charge in [0.25, 0.3) is 0 Å². The third-order valence-corrected chi connectivity index (χ3v) is 1.51. The maximum Gasteiger partial charge on any atom is 0.0886 e. The number of nitrogens with two attached hydrogens (primary N) is 1. The van der Waals surface area contributed by atoms with E-state index in [-0.39, 0.29) is 0 Å². The molecule has 0 radical (unpaired) electrons. The molecule has 0 aliphatic rings. The summed E-state index contributed by atoms with van der Waals surface area (Å²) in [5.41, 5.74) is 7.10. The van der Waals surface area contributed by atoms with Gasteiger partial charge in [0.05, 0.1) is 23.6 Å². The van der Waals surface area contributed by atoms with Crippen LogP contribution in [0.2, 0.25) is 0 Å². The summed E-state index contributed by atoms with van der Waals surface area (Å²) in [5.74, 6) is 0. The van der Waals surface area contributed by atoms with Crippen LogP contribution in [-0.2, 0) is 0 Å². The van der Waals surface area contributed by atoms with Gasteiger partial charge >= 0.3 is 0 Å². The van der Waals surface area contributed by atoms with Crippen LogP contribution < -0.4 is 5.73 Å². The number of rotatable bonds is 0. The first-order valence-electron chi connectivity index (χ1n) is 3.31. The van der Waals surface area contributed by atoms with Crippen LogP contribution in [0.1, 0.15) is 0 Å². The predicted molar refractivity (Wildman–Crippen MR) is 44.0 cm³/mol. The fraction of sp³-hybridized carbons (Fsp3) is 0. The molecule has 2 N–H and O–H groups in total. The van der Waals surface area contributed by atoms with Crippen LogP contribution >= 0.6 is 0 Å². The molecule has 2 aromatic rings. The van der Waals surface area contributed by atoms with E-state index in [1.54, 1.807) is 18.6 Å². The molecule has 54 valence electrons. The van der Waals surface area contributed by atoms with Crippen molar-refractivity contribution in [1.29, 1.82) is 0 Å². The molecule has 0 spiro atoms. The Morgan fingerprint density at radius 1 is 1.27 bits per heavy atom. The van der Waals surface area contributed by atoms with Gasteiger partial charge in [-0.25, -0.2) is 0 Å². The zero-order valence-corrected chi connectivity index (χ0v) is 5.86. The van der Waals surface area contributed by atoms with Crippen LogP contribution in [0.5, 0.6) is 0 Å². The maximum absolute atomic E-state index is 5.54. The lowest BCUT2D eigenvalue weighted by atomic mass is 10.2. The first-order chi connectivity index (χ1) is 5.36. The zero-order valence-electron chi connectivity index (χ0n) is 5.86. The molecule has 0 bridgehead atoms. The largest absolute Gasteiger partial charge is 0.397 e. The van der Waals surface area contributed by atoms with Gasteiger partial charge < -0.3 is 5.73 Å². The average Bonchev–Trinajstić information content (AvgIpc) is 2.04. The number of aromatic nitrogens is 2. The summed E-state index contributed by atoms with van der Waals surface area (Å²) in [6.45, 7) is 0. The molecule has 2 heterocycles. The van der Waals surface area contributed by atoms with E-state index < -0.39 is 0 Å². The van der Waals surface area contributed by atoms with E-state index in [4.69, 9.17) is 5.73 Å². The fourth-order valence-corrected chi connectivity index (χ4v) is 0.988. The molecule has 2 rings (SSSR count). The Balaban J connectivity index is 2.83. The average molecular weight is 145 g/mol. The van der Waals surface area contributed by atoms with Gasteiger partial charge in [0, 0.05) is 11.6 Å². The van der Waals surface area contributed by atoms with Crippen LogP contribution in [-0.4, -0.2) is 9.97 Å². The van der Waals surface area contributed by atoms with Crippen LogP contribution in [0.3, 0.4) is 0 Å². The van der Waals surface area contributed by atoms with Crippen LogP contribution in [0.4, 0.5) is 5.69 Å². The van der Waals surface area contributed by atoms with Crippen molar-refractivity contribution in [1.82, 2.24) is 9.97 Å². The normalized spacial score (nSPS) is 10.2. The van der Waals surface area contributed by atoms with E-state index in [1.165, 1.54) is 0 Å². The molecule has 0 aromatic carbocycles. The summed E-state index contributed by atoms with van der Waals surface area (Å²) in [6, 6.07) is 3.77.